The van der Waals surface area contributed by atoms with Crippen molar-refractivity contribution in [2.75, 3.05) is 59.1 Å². The van der Waals surface area contributed by atoms with Gasteiger partial charge in [-0.2, -0.15) is 0 Å². The topological polar surface area (TPSA) is 111 Å². The van der Waals surface area contributed by atoms with Gasteiger partial charge >= 0.3 is 0 Å². The van der Waals surface area contributed by atoms with Gasteiger partial charge in [-0.1, -0.05) is 22.9 Å². The minimum absolute atomic E-state index is 0.0194. The highest BCUT2D eigenvalue weighted by atomic mass is 79.9. The number of carbonyl (C=O) groups excluding carboxylic acids is 3. The van der Waals surface area contributed by atoms with Crippen molar-refractivity contribution >= 4 is 45.4 Å². The summed E-state index contributed by atoms with van der Waals surface area (Å²) >= 11 is 5.44. The van der Waals surface area contributed by atoms with Gasteiger partial charge in [0.2, 0.25) is 17.7 Å². The van der Waals surface area contributed by atoms with E-state index in [1.54, 1.807) is 16.7 Å². The van der Waals surface area contributed by atoms with Crippen LogP contribution >= 0.6 is 27.7 Å². The smallest absolute Gasteiger partial charge is 0.244 e. The minimum Gasteiger partial charge on any atom is -0.396 e. The number of halogens is 1. The van der Waals surface area contributed by atoms with Gasteiger partial charge in [-0.25, -0.2) is 0 Å². The molecule has 4 aliphatic heterocycles. The van der Waals surface area contributed by atoms with Crippen molar-refractivity contribution in [1.82, 2.24) is 20.4 Å². The average molecular weight is 562 g/mol. The Balaban J connectivity index is 1.53. The second kappa shape index (κ2) is 11.5. The number of carbonyl (C=O) groups is 3. The van der Waals surface area contributed by atoms with Gasteiger partial charge in [0, 0.05) is 56.0 Å². The highest BCUT2D eigenvalue weighted by molar-refractivity contribution is 9.09. The molecular formula is C23H37BrN4O5S. The Bertz CT molecular complexity index is 770. The minimum atomic E-state index is -0.605. The molecule has 4 heterocycles. The number of morpholine rings is 1. The molecule has 9 nitrogen and oxygen atoms in total. The summed E-state index contributed by atoms with van der Waals surface area (Å²) < 4.78 is 4.79. The molecule has 0 radical (unpaired) electrons. The van der Waals surface area contributed by atoms with Crippen LogP contribution in [0.4, 0.5) is 0 Å². The lowest BCUT2D eigenvalue weighted by Gasteiger charge is -2.35. The van der Waals surface area contributed by atoms with E-state index in [-0.39, 0.29) is 34.4 Å². The summed E-state index contributed by atoms with van der Waals surface area (Å²) in [6, 6.07) is -0.604. The predicted molar refractivity (Wildman–Crippen MR) is 134 cm³/mol. The van der Waals surface area contributed by atoms with Crippen LogP contribution in [0.3, 0.4) is 0 Å². The van der Waals surface area contributed by atoms with Gasteiger partial charge in [0.25, 0.3) is 0 Å². The Labute approximate surface area is 214 Å². The summed E-state index contributed by atoms with van der Waals surface area (Å²) in [5.41, 5.74) is 0. The Morgan fingerprint density at radius 1 is 1.18 bits per heavy atom. The molecule has 34 heavy (non-hydrogen) atoms. The number of ether oxygens (including phenoxy) is 1. The van der Waals surface area contributed by atoms with Crippen LogP contribution in [0, 0.1) is 11.8 Å². The van der Waals surface area contributed by atoms with Crippen molar-refractivity contribution in [3.8, 4) is 0 Å². The summed E-state index contributed by atoms with van der Waals surface area (Å²) in [5.74, 6) is -1.22. The van der Waals surface area contributed by atoms with Gasteiger partial charge in [0.05, 0.1) is 29.8 Å². The van der Waals surface area contributed by atoms with Crippen LogP contribution < -0.4 is 10.6 Å². The van der Waals surface area contributed by atoms with Gasteiger partial charge in [0.1, 0.15) is 6.04 Å². The first-order valence-corrected chi connectivity index (χ1v) is 14.3. The molecule has 3 N–H and O–H groups in total. The molecule has 0 aromatic rings. The van der Waals surface area contributed by atoms with Gasteiger partial charge in [-0.15, -0.1) is 11.8 Å². The molecule has 2 bridgehead atoms. The third kappa shape index (κ3) is 4.87. The van der Waals surface area contributed by atoms with Crippen LogP contribution in [-0.4, -0.2) is 113 Å². The van der Waals surface area contributed by atoms with E-state index in [1.807, 2.05) is 6.92 Å². The number of amides is 3. The van der Waals surface area contributed by atoms with Crippen LogP contribution in [0.25, 0.3) is 0 Å². The number of aliphatic hydroxyl groups is 1. The summed E-state index contributed by atoms with van der Waals surface area (Å²) in [6.07, 6.45) is 2.72. The van der Waals surface area contributed by atoms with Crippen molar-refractivity contribution in [3.05, 3.63) is 0 Å². The highest BCUT2D eigenvalue weighted by Gasteiger charge is 2.75. The molecular weight excluding hydrogens is 524 g/mol. The van der Waals surface area contributed by atoms with Crippen LogP contribution in [0.2, 0.25) is 0 Å². The fourth-order valence-corrected chi connectivity index (χ4v) is 9.60. The third-order valence-corrected chi connectivity index (χ3v) is 10.7. The first-order chi connectivity index (χ1) is 16.4. The molecule has 4 rings (SSSR count). The van der Waals surface area contributed by atoms with Crippen molar-refractivity contribution in [2.24, 2.45) is 11.8 Å². The quantitative estimate of drug-likeness (QED) is 0.244. The second-order valence-electron chi connectivity index (χ2n) is 9.66. The Morgan fingerprint density at radius 3 is 2.62 bits per heavy atom. The van der Waals surface area contributed by atoms with Crippen LogP contribution in [0.1, 0.15) is 32.6 Å². The first-order valence-electron chi connectivity index (χ1n) is 12.5. The number of thioether (sulfide) groups is 1. The number of likely N-dealkylation sites (tertiary alicyclic amines) is 1. The highest BCUT2D eigenvalue weighted by Crippen LogP contribution is 2.67. The molecule has 192 valence electrons. The monoisotopic (exact) mass is 560 g/mol. The van der Waals surface area contributed by atoms with Gasteiger partial charge in [0.15, 0.2) is 0 Å². The zero-order valence-corrected chi connectivity index (χ0v) is 22.2. The molecule has 4 fully saturated rings. The van der Waals surface area contributed by atoms with E-state index in [1.165, 1.54) is 0 Å². The molecule has 6 atom stereocenters. The van der Waals surface area contributed by atoms with Gasteiger partial charge < -0.3 is 25.4 Å². The molecule has 0 aliphatic carbocycles. The second-order valence-corrected chi connectivity index (χ2v) is 12.4. The van der Waals surface area contributed by atoms with Gasteiger partial charge in [-0.05, 0) is 25.7 Å². The van der Waals surface area contributed by atoms with E-state index in [9.17, 15) is 19.5 Å². The molecule has 0 aromatic carbocycles. The first kappa shape index (κ1) is 26.2. The predicted octanol–water partition coefficient (Wildman–Crippen LogP) is 0.198. The molecule has 4 aliphatic rings. The lowest BCUT2D eigenvalue weighted by atomic mass is 9.70. The van der Waals surface area contributed by atoms with E-state index in [4.69, 9.17) is 4.74 Å². The molecule has 3 amide bonds. The maximum atomic E-state index is 13.7. The fourth-order valence-electron chi connectivity index (χ4n) is 5.99. The zero-order valence-electron chi connectivity index (χ0n) is 19.8. The van der Waals surface area contributed by atoms with Crippen LogP contribution in [0.15, 0.2) is 0 Å². The number of aliphatic hydroxyl groups excluding tert-OH is 1. The van der Waals surface area contributed by atoms with E-state index in [0.717, 1.165) is 26.1 Å². The summed E-state index contributed by atoms with van der Waals surface area (Å²) in [7, 11) is 0. The standard InChI is InChI=1S/C23H37BrN4O5S/c1-2-5-25-20(30)16-17-22(32)28(7-3-4-11-29)19(23(17)14-15(24)18(16)34-23)21(31)26-6-8-27-9-12-33-13-10-27/h15-19,29H,2-14H2,1H3,(H,25,30)(H,26,31)/t15?,16-,17+,18-,19?,23?/m1/s1. The lowest BCUT2D eigenvalue weighted by molar-refractivity contribution is -0.140. The average Bonchev–Trinajstić information content (AvgIpc) is 3.42. The number of unbranched alkanes of at least 4 members (excludes halogenated alkanes) is 1. The molecule has 0 saturated carbocycles. The van der Waals surface area contributed by atoms with Gasteiger partial charge in [-0.3, -0.25) is 19.3 Å². The summed E-state index contributed by atoms with van der Waals surface area (Å²) in [5, 5.41) is 15.3. The summed E-state index contributed by atoms with van der Waals surface area (Å²) in [6.45, 7) is 7.45. The lowest BCUT2D eigenvalue weighted by Crippen LogP contribution is -2.55. The number of hydrogen-bond donors (Lipinski definition) is 3. The molecule has 11 heteroatoms. The van der Waals surface area contributed by atoms with E-state index < -0.39 is 22.6 Å². The van der Waals surface area contributed by atoms with Crippen molar-refractivity contribution < 1.29 is 24.2 Å². The number of nitrogens with one attached hydrogen (secondary N) is 2. The molecule has 4 saturated heterocycles. The molecule has 1 spiro atoms. The van der Waals surface area contributed by atoms with E-state index in [2.05, 4.69) is 31.5 Å². The summed E-state index contributed by atoms with van der Waals surface area (Å²) in [4.78, 5) is 44.6. The Kier molecular flexibility index (Phi) is 8.82. The van der Waals surface area contributed by atoms with Crippen molar-refractivity contribution in [3.63, 3.8) is 0 Å². The van der Waals surface area contributed by atoms with Crippen molar-refractivity contribution in [2.45, 2.75) is 53.5 Å². The third-order valence-electron chi connectivity index (χ3n) is 7.53. The number of fused-ring (bicyclic) bond motifs is 1. The SMILES string of the molecule is CCCNC(=O)[C@H]1[C@@H]2SC3(CC2Br)C(C(=O)NCCN2CCOCC2)N(CCCCO)C(=O)[C@H]13. The molecule has 0 aromatic heterocycles. The number of hydrogen-bond acceptors (Lipinski definition) is 7. The van der Waals surface area contributed by atoms with Crippen LogP contribution in [0.5, 0.6) is 0 Å². The Hall–Kier alpha value is -0.880. The largest absolute Gasteiger partial charge is 0.396 e. The van der Waals surface area contributed by atoms with Crippen LogP contribution in [-0.2, 0) is 19.1 Å². The Morgan fingerprint density at radius 2 is 1.91 bits per heavy atom. The normalized spacial score (nSPS) is 35.0. The van der Waals surface area contributed by atoms with Crippen molar-refractivity contribution in [1.29, 1.82) is 0 Å². The maximum absolute atomic E-state index is 13.7. The number of nitrogens with zero attached hydrogens (tertiary/aromatic N) is 2. The van der Waals surface area contributed by atoms with E-state index in [0.29, 0.717) is 52.1 Å². The van der Waals surface area contributed by atoms with E-state index >= 15 is 0 Å². The fraction of sp³-hybridized carbons (Fsp3) is 0.870. The molecule has 3 unspecified atom stereocenters. The number of alkyl halides is 1. The maximum Gasteiger partial charge on any atom is 0.244 e. The number of rotatable bonds is 11. The zero-order chi connectivity index (χ0) is 24.3.